The van der Waals surface area contributed by atoms with Gasteiger partial charge in [0.05, 0.1) is 40.3 Å². The average Bonchev–Trinajstić information content (AvgIpc) is 3.33. The topological polar surface area (TPSA) is 106 Å². The van der Waals surface area contributed by atoms with E-state index in [9.17, 15) is 14.4 Å². The minimum atomic E-state index is -0.904. The standard InChI is InChI=1S/C24H27N3O6/c1-31-19-7-5-4-6-15(19)13-27-23(29)18(26-24(27)30)12-22(28)25-17-9-8-14-10-20(32-2)21(33-3)11-16(14)17/h4-7,10-11,17-18H,8-9,12-13H2,1-3H3,(H,25,28)(H,26,30). The maximum absolute atomic E-state index is 12.8. The summed E-state index contributed by atoms with van der Waals surface area (Å²) in [6.45, 7) is 0.0738. The zero-order valence-electron chi connectivity index (χ0n) is 18.8. The fourth-order valence-corrected chi connectivity index (χ4v) is 4.39. The van der Waals surface area contributed by atoms with Crippen molar-refractivity contribution in [2.45, 2.75) is 37.9 Å². The Labute approximate surface area is 192 Å². The van der Waals surface area contributed by atoms with E-state index in [0.29, 0.717) is 22.8 Å². The van der Waals surface area contributed by atoms with Crippen molar-refractivity contribution in [1.29, 1.82) is 0 Å². The van der Waals surface area contributed by atoms with Gasteiger partial charge in [0, 0.05) is 5.56 Å². The molecular formula is C24H27N3O6. The Morgan fingerprint density at radius 2 is 1.76 bits per heavy atom. The molecule has 1 saturated heterocycles. The Hall–Kier alpha value is -3.75. The lowest BCUT2D eigenvalue weighted by atomic mass is 10.1. The van der Waals surface area contributed by atoms with Crippen LogP contribution in [-0.2, 0) is 22.6 Å². The van der Waals surface area contributed by atoms with Crippen LogP contribution in [0, 0.1) is 0 Å². The normalized spacial score (nSPS) is 19.2. The highest BCUT2D eigenvalue weighted by atomic mass is 16.5. The summed E-state index contributed by atoms with van der Waals surface area (Å²) in [4.78, 5) is 39.1. The molecule has 1 aliphatic carbocycles. The molecule has 0 spiro atoms. The van der Waals surface area contributed by atoms with Crippen LogP contribution in [0.2, 0.25) is 0 Å². The van der Waals surface area contributed by atoms with Gasteiger partial charge in [0.2, 0.25) is 5.91 Å². The molecule has 2 aromatic carbocycles. The number of methoxy groups -OCH3 is 3. The molecule has 4 rings (SSSR count). The number of hydrogen-bond acceptors (Lipinski definition) is 6. The Morgan fingerprint density at radius 3 is 2.48 bits per heavy atom. The first-order valence-electron chi connectivity index (χ1n) is 10.7. The molecular weight excluding hydrogens is 426 g/mol. The number of urea groups is 1. The van der Waals surface area contributed by atoms with E-state index in [0.717, 1.165) is 28.9 Å². The summed E-state index contributed by atoms with van der Waals surface area (Å²) in [5.41, 5.74) is 2.77. The zero-order valence-corrected chi connectivity index (χ0v) is 18.8. The predicted molar refractivity (Wildman–Crippen MR) is 119 cm³/mol. The molecule has 0 radical (unpaired) electrons. The van der Waals surface area contributed by atoms with Crippen molar-refractivity contribution in [2.75, 3.05) is 21.3 Å². The van der Waals surface area contributed by atoms with Crippen LogP contribution in [0.3, 0.4) is 0 Å². The molecule has 33 heavy (non-hydrogen) atoms. The molecule has 174 valence electrons. The minimum Gasteiger partial charge on any atom is -0.496 e. The summed E-state index contributed by atoms with van der Waals surface area (Å²) in [6.07, 6.45) is 1.40. The highest BCUT2D eigenvalue weighted by molar-refractivity contribution is 6.05. The molecule has 2 N–H and O–H groups in total. The van der Waals surface area contributed by atoms with Gasteiger partial charge in [0.25, 0.3) is 5.91 Å². The second-order valence-electron chi connectivity index (χ2n) is 8.01. The maximum Gasteiger partial charge on any atom is 0.325 e. The first-order valence-corrected chi connectivity index (χ1v) is 10.7. The number of aryl methyl sites for hydroxylation is 1. The van der Waals surface area contributed by atoms with Crippen LogP contribution < -0.4 is 24.8 Å². The highest BCUT2D eigenvalue weighted by Crippen LogP contribution is 2.39. The maximum atomic E-state index is 12.8. The number of amides is 4. The monoisotopic (exact) mass is 453 g/mol. The summed E-state index contributed by atoms with van der Waals surface area (Å²) in [6, 6.07) is 9.37. The van der Waals surface area contributed by atoms with Gasteiger partial charge < -0.3 is 24.8 Å². The van der Waals surface area contributed by atoms with Gasteiger partial charge in [-0.3, -0.25) is 14.5 Å². The number of nitrogens with zero attached hydrogens (tertiary/aromatic N) is 1. The number of rotatable bonds is 8. The van der Waals surface area contributed by atoms with Gasteiger partial charge in [0.15, 0.2) is 11.5 Å². The lowest BCUT2D eigenvalue weighted by Gasteiger charge is -2.17. The third-order valence-electron chi connectivity index (χ3n) is 6.08. The fraction of sp³-hybridized carbons (Fsp3) is 0.375. The van der Waals surface area contributed by atoms with Crippen molar-refractivity contribution in [3.05, 3.63) is 53.1 Å². The summed E-state index contributed by atoms with van der Waals surface area (Å²) in [5, 5.41) is 5.61. The van der Waals surface area contributed by atoms with E-state index in [4.69, 9.17) is 14.2 Å². The van der Waals surface area contributed by atoms with Crippen LogP contribution in [0.1, 0.15) is 35.6 Å². The summed E-state index contributed by atoms with van der Waals surface area (Å²) < 4.78 is 16.0. The number of fused-ring (bicyclic) bond motifs is 1. The molecule has 1 aliphatic heterocycles. The summed E-state index contributed by atoms with van der Waals surface area (Å²) in [7, 11) is 4.69. The van der Waals surface area contributed by atoms with Gasteiger partial charge in [-0.1, -0.05) is 18.2 Å². The van der Waals surface area contributed by atoms with Crippen LogP contribution in [0.15, 0.2) is 36.4 Å². The molecule has 2 aromatic rings. The number of imide groups is 1. The number of carbonyl (C=O) groups excluding carboxylic acids is 3. The molecule has 1 fully saturated rings. The molecule has 9 heteroatoms. The number of carbonyl (C=O) groups is 3. The van der Waals surface area contributed by atoms with Crippen molar-refractivity contribution >= 4 is 17.8 Å². The van der Waals surface area contributed by atoms with Crippen molar-refractivity contribution in [3.8, 4) is 17.2 Å². The highest BCUT2D eigenvalue weighted by Gasteiger charge is 2.39. The molecule has 4 amide bonds. The molecule has 1 heterocycles. The predicted octanol–water partition coefficient (Wildman–Crippen LogP) is 2.33. The molecule has 0 aromatic heterocycles. The van der Waals surface area contributed by atoms with Crippen LogP contribution in [0.5, 0.6) is 17.2 Å². The molecule has 0 saturated carbocycles. The van der Waals surface area contributed by atoms with Crippen LogP contribution in [-0.4, -0.2) is 50.1 Å². The average molecular weight is 453 g/mol. The van der Waals surface area contributed by atoms with E-state index in [1.54, 1.807) is 26.4 Å². The molecule has 2 unspecified atom stereocenters. The summed E-state index contributed by atoms with van der Waals surface area (Å²) >= 11 is 0. The fourth-order valence-electron chi connectivity index (χ4n) is 4.39. The van der Waals surface area contributed by atoms with Gasteiger partial charge in [0.1, 0.15) is 11.8 Å². The van der Waals surface area contributed by atoms with E-state index >= 15 is 0 Å². The third-order valence-corrected chi connectivity index (χ3v) is 6.08. The van der Waals surface area contributed by atoms with Gasteiger partial charge >= 0.3 is 6.03 Å². The van der Waals surface area contributed by atoms with Gasteiger partial charge in [-0.05, 0) is 42.2 Å². The van der Waals surface area contributed by atoms with E-state index in [-0.39, 0.29) is 24.9 Å². The number of ether oxygens (including phenoxy) is 3. The van der Waals surface area contributed by atoms with Crippen molar-refractivity contribution in [3.63, 3.8) is 0 Å². The largest absolute Gasteiger partial charge is 0.496 e. The molecule has 2 atom stereocenters. The van der Waals surface area contributed by atoms with Crippen molar-refractivity contribution in [1.82, 2.24) is 15.5 Å². The quantitative estimate of drug-likeness (QED) is 0.595. The van der Waals surface area contributed by atoms with Gasteiger partial charge in [-0.15, -0.1) is 0 Å². The van der Waals surface area contributed by atoms with Crippen LogP contribution in [0.4, 0.5) is 4.79 Å². The number of benzene rings is 2. The number of nitrogens with one attached hydrogen (secondary N) is 2. The lowest BCUT2D eigenvalue weighted by molar-refractivity contribution is -0.131. The smallest absolute Gasteiger partial charge is 0.325 e. The van der Waals surface area contributed by atoms with E-state index in [1.807, 2.05) is 24.3 Å². The summed E-state index contributed by atoms with van der Waals surface area (Å²) in [5.74, 6) is 1.10. The lowest BCUT2D eigenvalue weighted by Crippen LogP contribution is -2.37. The minimum absolute atomic E-state index is 0.0738. The zero-order chi connectivity index (χ0) is 23.5. The van der Waals surface area contributed by atoms with Gasteiger partial charge in [-0.2, -0.15) is 0 Å². The van der Waals surface area contributed by atoms with E-state index in [1.165, 1.54) is 7.11 Å². The van der Waals surface area contributed by atoms with Crippen LogP contribution >= 0.6 is 0 Å². The van der Waals surface area contributed by atoms with Gasteiger partial charge in [-0.25, -0.2) is 4.79 Å². The van der Waals surface area contributed by atoms with Crippen molar-refractivity contribution < 1.29 is 28.6 Å². The molecule has 9 nitrogen and oxygen atoms in total. The third kappa shape index (κ3) is 4.44. The number of hydrogen-bond donors (Lipinski definition) is 2. The Balaban J connectivity index is 1.40. The van der Waals surface area contributed by atoms with E-state index in [2.05, 4.69) is 10.6 Å². The van der Waals surface area contributed by atoms with E-state index < -0.39 is 18.0 Å². The first kappa shape index (κ1) is 22.4. The Kier molecular flexibility index (Phi) is 6.39. The Bertz CT molecular complexity index is 1090. The second kappa shape index (κ2) is 9.40. The van der Waals surface area contributed by atoms with Crippen molar-refractivity contribution in [2.24, 2.45) is 0 Å². The van der Waals surface area contributed by atoms with Crippen LogP contribution in [0.25, 0.3) is 0 Å². The molecule has 2 aliphatic rings. The second-order valence-corrected chi connectivity index (χ2v) is 8.01. The first-order chi connectivity index (χ1) is 15.9. The molecule has 0 bridgehead atoms. The SMILES string of the molecule is COc1ccccc1CN1C(=O)NC(CC(=O)NC2CCc3cc(OC)c(OC)cc32)C1=O. The Morgan fingerprint density at radius 1 is 1.06 bits per heavy atom. The number of para-hydroxylation sites is 1.